The number of hydrogen-bond acceptors (Lipinski definition) is 3. The Morgan fingerprint density at radius 1 is 1.16 bits per heavy atom. The van der Waals surface area contributed by atoms with E-state index in [2.05, 4.69) is 0 Å². The van der Waals surface area contributed by atoms with Crippen LogP contribution in [0.15, 0.2) is 0 Å². The first kappa shape index (κ1) is 14.3. The van der Waals surface area contributed by atoms with Crippen molar-refractivity contribution in [3.8, 4) is 0 Å². The minimum absolute atomic E-state index is 0.0350. The Morgan fingerprint density at radius 2 is 1.68 bits per heavy atom. The van der Waals surface area contributed by atoms with Crippen molar-refractivity contribution in [2.24, 2.45) is 17.8 Å². The molecule has 108 valence electrons. The fraction of sp³-hybridized carbons (Fsp3) is 0.857. The maximum absolute atomic E-state index is 12.5. The van der Waals surface area contributed by atoms with Crippen LogP contribution in [0.3, 0.4) is 0 Å². The van der Waals surface area contributed by atoms with Gasteiger partial charge in [-0.2, -0.15) is 0 Å². The molecule has 1 saturated carbocycles. The Kier molecular flexibility index (Phi) is 3.85. The van der Waals surface area contributed by atoms with Gasteiger partial charge in [-0.1, -0.05) is 6.92 Å². The third kappa shape index (κ3) is 3.08. The van der Waals surface area contributed by atoms with Gasteiger partial charge < -0.3 is 15.1 Å². The molecule has 1 heterocycles. The number of aliphatic hydroxyl groups is 1. The summed E-state index contributed by atoms with van der Waals surface area (Å²) in [5.74, 6) is -1.51. The molecule has 0 spiro atoms. The van der Waals surface area contributed by atoms with Crippen LogP contribution in [0.25, 0.3) is 0 Å². The number of likely N-dealkylation sites (tertiary alicyclic amines) is 1. The maximum atomic E-state index is 12.5. The van der Waals surface area contributed by atoms with E-state index in [0.717, 1.165) is 0 Å². The highest BCUT2D eigenvalue weighted by Gasteiger charge is 2.43. The molecule has 2 fully saturated rings. The first-order valence-corrected chi connectivity index (χ1v) is 7.04. The SMILES string of the molecule is CC1CC(C(=O)O)C(C(=O)N2CCC(C)(O)CC2)C1. The number of rotatable bonds is 2. The van der Waals surface area contributed by atoms with E-state index in [1.54, 1.807) is 11.8 Å². The quantitative estimate of drug-likeness (QED) is 0.787. The van der Waals surface area contributed by atoms with Crippen LogP contribution in [0.1, 0.15) is 39.5 Å². The third-order valence-electron chi connectivity index (χ3n) is 4.58. The van der Waals surface area contributed by atoms with Gasteiger partial charge in [0.1, 0.15) is 0 Å². The molecule has 5 heteroatoms. The number of carbonyl (C=O) groups excluding carboxylic acids is 1. The van der Waals surface area contributed by atoms with Gasteiger partial charge in [-0.15, -0.1) is 0 Å². The van der Waals surface area contributed by atoms with E-state index in [4.69, 9.17) is 0 Å². The molecule has 0 bridgehead atoms. The molecule has 1 aliphatic heterocycles. The van der Waals surface area contributed by atoms with Crippen molar-refractivity contribution in [2.45, 2.75) is 45.1 Å². The van der Waals surface area contributed by atoms with Gasteiger partial charge in [0.25, 0.3) is 0 Å². The lowest BCUT2D eigenvalue weighted by Gasteiger charge is -2.37. The molecule has 0 radical (unpaired) electrons. The molecule has 0 aromatic rings. The number of hydrogen-bond donors (Lipinski definition) is 2. The Balaban J connectivity index is 2.01. The highest BCUT2D eigenvalue weighted by Crippen LogP contribution is 2.38. The van der Waals surface area contributed by atoms with Crippen LogP contribution in [0.2, 0.25) is 0 Å². The van der Waals surface area contributed by atoms with Crippen LogP contribution in [-0.2, 0) is 9.59 Å². The first-order chi connectivity index (χ1) is 8.80. The van der Waals surface area contributed by atoms with E-state index in [1.165, 1.54) is 0 Å². The van der Waals surface area contributed by atoms with Crippen LogP contribution < -0.4 is 0 Å². The van der Waals surface area contributed by atoms with E-state index in [0.29, 0.717) is 44.7 Å². The summed E-state index contributed by atoms with van der Waals surface area (Å²) in [7, 11) is 0. The van der Waals surface area contributed by atoms with Crippen molar-refractivity contribution in [1.29, 1.82) is 0 Å². The molecule has 1 amide bonds. The lowest BCUT2D eigenvalue weighted by molar-refractivity contribution is -0.150. The lowest BCUT2D eigenvalue weighted by Crippen LogP contribution is -2.48. The number of aliphatic carboxylic acids is 1. The molecule has 3 atom stereocenters. The minimum Gasteiger partial charge on any atom is -0.481 e. The zero-order chi connectivity index (χ0) is 14.2. The van der Waals surface area contributed by atoms with Crippen LogP contribution in [0.5, 0.6) is 0 Å². The van der Waals surface area contributed by atoms with Crippen LogP contribution >= 0.6 is 0 Å². The smallest absolute Gasteiger partial charge is 0.307 e. The Hall–Kier alpha value is -1.10. The topological polar surface area (TPSA) is 77.8 Å². The zero-order valence-corrected chi connectivity index (χ0v) is 11.6. The normalized spacial score (nSPS) is 34.3. The molecule has 3 unspecified atom stereocenters. The monoisotopic (exact) mass is 269 g/mol. The summed E-state index contributed by atoms with van der Waals surface area (Å²) in [5, 5.41) is 19.1. The highest BCUT2D eigenvalue weighted by molar-refractivity contribution is 5.85. The van der Waals surface area contributed by atoms with Crippen LogP contribution in [0, 0.1) is 17.8 Å². The summed E-state index contributed by atoms with van der Waals surface area (Å²) >= 11 is 0. The molecule has 0 aromatic heterocycles. The van der Waals surface area contributed by atoms with Gasteiger partial charge in [0, 0.05) is 13.1 Å². The largest absolute Gasteiger partial charge is 0.481 e. The second-order valence-corrected chi connectivity index (χ2v) is 6.45. The molecule has 5 nitrogen and oxygen atoms in total. The van der Waals surface area contributed by atoms with Gasteiger partial charge >= 0.3 is 5.97 Å². The Bertz CT molecular complexity index is 370. The molecule has 2 N–H and O–H groups in total. The molecule has 2 rings (SSSR count). The standard InChI is InChI=1S/C14H23NO4/c1-9-7-10(11(8-9)13(17)18)12(16)15-5-3-14(2,19)4-6-15/h9-11,19H,3-8H2,1-2H3,(H,17,18). The fourth-order valence-corrected chi connectivity index (χ4v) is 3.28. The minimum atomic E-state index is -0.855. The number of amides is 1. The molecule has 1 saturated heterocycles. The second-order valence-electron chi connectivity index (χ2n) is 6.45. The summed E-state index contributed by atoms with van der Waals surface area (Å²) in [6, 6.07) is 0. The summed E-state index contributed by atoms with van der Waals surface area (Å²) < 4.78 is 0. The molecule has 2 aliphatic rings. The fourth-order valence-electron chi connectivity index (χ4n) is 3.28. The van der Waals surface area contributed by atoms with Crippen LogP contribution in [-0.4, -0.2) is 45.7 Å². The number of carboxylic acids is 1. The predicted molar refractivity (Wildman–Crippen MR) is 69.5 cm³/mol. The zero-order valence-electron chi connectivity index (χ0n) is 11.6. The van der Waals surface area contributed by atoms with Crippen molar-refractivity contribution >= 4 is 11.9 Å². The summed E-state index contributed by atoms with van der Waals surface area (Å²) in [4.78, 5) is 25.4. The van der Waals surface area contributed by atoms with Crippen molar-refractivity contribution < 1.29 is 19.8 Å². The molecular weight excluding hydrogens is 246 g/mol. The predicted octanol–water partition coefficient (Wildman–Crippen LogP) is 1.11. The maximum Gasteiger partial charge on any atom is 0.307 e. The van der Waals surface area contributed by atoms with Crippen LogP contribution in [0.4, 0.5) is 0 Å². The van der Waals surface area contributed by atoms with Gasteiger partial charge in [-0.05, 0) is 38.5 Å². The average Bonchev–Trinajstić information content (AvgIpc) is 2.70. The number of carboxylic acid groups (broad SMARTS) is 1. The van der Waals surface area contributed by atoms with Gasteiger partial charge in [-0.25, -0.2) is 0 Å². The van der Waals surface area contributed by atoms with Gasteiger partial charge in [-0.3, -0.25) is 9.59 Å². The lowest BCUT2D eigenvalue weighted by atomic mass is 9.90. The van der Waals surface area contributed by atoms with Crippen molar-refractivity contribution in [3.05, 3.63) is 0 Å². The second kappa shape index (κ2) is 5.12. The van der Waals surface area contributed by atoms with Crippen molar-refractivity contribution in [3.63, 3.8) is 0 Å². The third-order valence-corrected chi connectivity index (χ3v) is 4.58. The number of piperidine rings is 1. The molecule has 1 aliphatic carbocycles. The molecule has 19 heavy (non-hydrogen) atoms. The Morgan fingerprint density at radius 3 is 2.21 bits per heavy atom. The number of nitrogens with zero attached hydrogens (tertiary/aromatic N) is 1. The van der Waals surface area contributed by atoms with Gasteiger partial charge in [0.05, 0.1) is 17.4 Å². The summed E-state index contributed by atoms with van der Waals surface area (Å²) in [5.41, 5.74) is -0.689. The van der Waals surface area contributed by atoms with E-state index < -0.39 is 17.5 Å². The van der Waals surface area contributed by atoms with E-state index in [-0.39, 0.29) is 11.8 Å². The number of carbonyl (C=O) groups is 2. The van der Waals surface area contributed by atoms with E-state index in [9.17, 15) is 19.8 Å². The van der Waals surface area contributed by atoms with E-state index in [1.807, 2.05) is 6.92 Å². The first-order valence-electron chi connectivity index (χ1n) is 7.04. The van der Waals surface area contributed by atoms with E-state index >= 15 is 0 Å². The van der Waals surface area contributed by atoms with Crippen molar-refractivity contribution in [1.82, 2.24) is 4.90 Å². The summed E-state index contributed by atoms with van der Waals surface area (Å²) in [6.07, 6.45) is 2.40. The molecule has 0 aromatic carbocycles. The van der Waals surface area contributed by atoms with Gasteiger partial charge in [0.2, 0.25) is 5.91 Å². The summed E-state index contributed by atoms with van der Waals surface area (Å²) in [6.45, 7) is 4.85. The molecular formula is C14H23NO4. The highest BCUT2D eigenvalue weighted by atomic mass is 16.4. The van der Waals surface area contributed by atoms with Gasteiger partial charge in [0.15, 0.2) is 0 Å². The Labute approximate surface area is 113 Å². The average molecular weight is 269 g/mol. The van der Waals surface area contributed by atoms with Crippen molar-refractivity contribution in [2.75, 3.05) is 13.1 Å².